The van der Waals surface area contributed by atoms with E-state index in [9.17, 15) is 9.59 Å². The number of hydrogen-bond donors (Lipinski definition) is 2. The Morgan fingerprint density at radius 2 is 1.77 bits per heavy atom. The lowest BCUT2D eigenvalue weighted by atomic mass is 10.1. The summed E-state index contributed by atoms with van der Waals surface area (Å²) in [5.74, 6) is -0.382. The molecular formula is C19H20N4O3. The lowest BCUT2D eigenvalue weighted by molar-refractivity contribution is -0.122. The second-order valence-corrected chi connectivity index (χ2v) is 5.99. The van der Waals surface area contributed by atoms with Gasteiger partial charge in [-0.2, -0.15) is 5.10 Å². The van der Waals surface area contributed by atoms with Crippen LogP contribution in [-0.4, -0.2) is 28.7 Å². The van der Waals surface area contributed by atoms with Gasteiger partial charge in [-0.15, -0.1) is 0 Å². The maximum atomic E-state index is 12.5. The van der Waals surface area contributed by atoms with Crippen molar-refractivity contribution < 1.29 is 14.3 Å². The van der Waals surface area contributed by atoms with Gasteiger partial charge in [0.1, 0.15) is 12.3 Å². The van der Waals surface area contributed by atoms with Crippen molar-refractivity contribution in [3.63, 3.8) is 0 Å². The van der Waals surface area contributed by atoms with Crippen LogP contribution in [0.25, 0.3) is 10.8 Å². The van der Waals surface area contributed by atoms with E-state index in [0.717, 1.165) is 22.2 Å². The van der Waals surface area contributed by atoms with Crippen LogP contribution >= 0.6 is 0 Å². The average Bonchev–Trinajstić information content (AvgIpc) is 2.95. The molecule has 2 amide bonds. The minimum atomic E-state index is -0.450. The van der Waals surface area contributed by atoms with Crippen LogP contribution < -0.4 is 15.6 Å². The molecule has 0 fully saturated rings. The number of hydrazine groups is 1. The van der Waals surface area contributed by atoms with Crippen molar-refractivity contribution in [2.45, 2.75) is 20.4 Å². The Hall–Kier alpha value is -3.35. The van der Waals surface area contributed by atoms with E-state index in [1.54, 1.807) is 16.8 Å². The number of aryl methyl sites for hydroxylation is 2. The molecule has 2 aromatic carbocycles. The topological polar surface area (TPSA) is 85.3 Å². The largest absolute Gasteiger partial charge is 0.496 e. The summed E-state index contributed by atoms with van der Waals surface area (Å²) in [5, 5.41) is 6.10. The molecule has 7 heteroatoms. The molecule has 1 aromatic heterocycles. The Morgan fingerprint density at radius 1 is 1.08 bits per heavy atom. The van der Waals surface area contributed by atoms with Crippen LogP contribution in [0.5, 0.6) is 5.75 Å². The number of amides is 2. The fourth-order valence-electron chi connectivity index (χ4n) is 2.77. The number of benzene rings is 2. The first-order valence-electron chi connectivity index (χ1n) is 8.15. The van der Waals surface area contributed by atoms with Crippen LogP contribution in [0.15, 0.2) is 42.5 Å². The smallest absolute Gasteiger partial charge is 0.273 e. The third kappa shape index (κ3) is 3.66. The SMILES string of the molecule is COc1cc2ccccc2cc1C(=O)NNC(=O)Cn1nc(C)cc1C. The van der Waals surface area contributed by atoms with Crippen LogP contribution in [0, 0.1) is 13.8 Å². The number of carbonyl (C=O) groups excluding carboxylic acids is 2. The third-order valence-corrected chi connectivity index (χ3v) is 4.02. The summed E-state index contributed by atoms with van der Waals surface area (Å²) in [4.78, 5) is 24.5. The second-order valence-electron chi connectivity index (χ2n) is 5.99. The van der Waals surface area contributed by atoms with Crippen LogP contribution in [0.3, 0.4) is 0 Å². The fraction of sp³-hybridized carbons (Fsp3) is 0.211. The molecule has 3 aromatic rings. The summed E-state index contributed by atoms with van der Waals surface area (Å²) in [6.07, 6.45) is 0. The highest BCUT2D eigenvalue weighted by molar-refractivity contribution is 6.02. The zero-order chi connectivity index (χ0) is 18.7. The molecule has 0 saturated carbocycles. The monoisotopic (exact) mass is 352 g/mol. The van der Waals surface area contributed by atoms with Crippen molar-refractivity contribution in [1.29, 1.82) is 0 Å². The van der Waals surface area contributed by atoms with E-state index < -0.39 is 5.91 Å². The summed E-state index contributed by atoms with van der Waals surface area (Å²) < 4.78 is 6.88. The number of nitrogens with zero attached hydrogens (tertiary/aromatic N) is 2. The Morgan fingerprint density at radius 3 is 2.38 bits per heavy atom. The highest BCUT2D eigenvalue weighted by Gasteiger charge is 2.15. The lowest BCUT2D eigenvalue weighted by Gasteiger charge is -2.12. The molecule has 0 bridgehead atoms. The summed E-state index contributed by atoms with van der Waals surface area (Å²) in [6, 6.07) is 13.1. The van der Waals surface area contributed by atoms with Gasteiger partial charge in [0, 0.05) is 5.69 Å². The molecular weight excluding hydrogens is 332 g/mol. The van der Waals surface area contributed by atoms with Crippen molar-refractivity contribution in [3.05, 3.63) is 59.4 Å². The second kappa shape index (κ2) is 7.26. The van der Waals surface area contributed by atoms with Gasteiger partial charge in [-0.1, -0.05) is 24.3 Å². The molecule has 0 aliphatic carbocycles. The number of fused-ring (bicyclic) bond motifs is 1. The van der Waals surface area contributed by atoms with Gasteiger partial charge >= 0.3 is 0 Å². The molecule has 26 heavy (non-hydrogen) atoms. The number of hydrogen-bond acceptors (Lipinski definition) is 4. The number of rotatable bonds is 4. The number of ether oxygens (including phenoxy) is 1. The van der Waals surface area contributed by atoms with E-state index in [4.69, 9.17) is 4.74 Å². The number of aromatic nitrogens is 2. The van der Waals surface area contributed by atoms with E-state index in [0.29, 0.717) is 11.3 Å². The van der Waals surface area contributed by atoms with Gasteiger partial charge in [-0.05, 0) is 42.8 Å². The third-order valence-electron chi connectivity index (χ3n) is 4.02. The first-order valence-corrected chi connectivity index (χ1v) is 8.15. The quantitative estimate of drug-likeness (QED) is 0.705. The standard InChI is InChI=1S/C19H20N4O3/c1-12-8-13(2)23(22-12)11-18(24)20-21-19(25)16-9-14-6-4-5-7-15(14)10-17(16)26-3/h4-10H,11H2,1-3H3,(H,20,24)(H,21,25). The molecule has 0 radical (unpaired) electrons. The summed E-state index contributed by atoms with van der Waals surface area (Å²) in [5.41, 5.74) is 6.89. The van der Waals surface area contributed by atoms with Crippen LogP contribution in [0.1, 0.15) is 21.7 Å². The van der Waals surface area contributed by atoms with Gasteiger partial charge in [-0.3, -0.25) is 25.1 Å². The molecule has 3 rings (SSSR count). The van der Waals surface area contributed by atoms with Gasteiger partial charge in [0.2, 0.25) is 0 Å². The molecule has 0 saturated heterocycles. The Labute approximate surface area is 150 Å². The van der Waals surface area contributed by atoms with Gasteiger partial charge in [0.05, 0.1) is 18.4 Å². The molecule has 0 aliphatic heterocycles. The highest BCUT2D eigenvalue weighted by atomic mass is 16.5. The number of nitrogens with one attached hydrogen (secondary N) is 2. The normalized spacial score (nSPS) is 10.6. The van der Waals surface area contributed by atoms with E-state index in [-0.39, 0.29) is 12.5 Å². The van der Waals surface area contributed by atoms with Gasteiger partial charge < -0.3 is 4.74 Å². The highest BCUT2D eigenvalue weighted by Crippen LogP contribution is 2.25. The molecule has 0 unspecified atom stereocenters. The van der Waals surface area contributed by atoms with E-state index in [1.807, 2.05) is 44.2 Å². The number of carbonyl (C=O) groups is 2. The van der Waals surface area contributed by atoms with Crippen LogP contribution in [0.4, 0.5) is 0 Å². The maximum absolute atomic E-state index is 12.5. The summed E-state index contributed by atoms with van der Waals surface area (Å²) in [6.45, 7) is 3.75. The minimum Gasteiger partial charge on any atom is -0.496 e. The minimum absolute atomic E-state index is 0.0226. The van der Waals surface area contributed by atoms with Crippen molar-refractivity contribution in [3.8, 4) is 5.75 Å². The Balaban J connectivity index is 1.70. The van der Waals surface area contributed by atoms with Crippen molar-refractivity contribution in [2.24, 2.45) is 0 Å². The Bertz CT molecular complexity index is 978. The zero-order valence-corrected chi connectivity index (χ0v) is 14.9. The van der Waals surface area contributed by atoms with Gasteiger partial charge in [-0.25, -0.2) is 0 Å². The van der Waals surface area contributed by atoms with Crippen molar-refractivity contribution in [2.75, 3.05) is 7.11 Å². The predicted octanol–water partition coefficient (Wildman–Crippen LogP) is 2.12. The fourth-order valence-corrected chi connectivity index (χ4v) is 2.77. The van der Waals surface area contributed by atoms with Crippen LogP contribution in [-0.2, 0) is 11.3 Å². The molecule has 0 aliphatic rings. The van der Waals surface area contributed by atoms with Crippen molar-refractivity contribution >= 4 is 22.6 Å². The molecule has 2 N–H and O–H groups in total. The van der Waals surface area contributed by atoms with Gasteiger partial charge in [0.25, 0.3) is 11.8 Å². The first kappa shape index (κ1) is 17.5. The van der Waals surface area contributed by atoms with E-state index in [2.05, 4.69) is 16.0 Å². The molecule has 134 valence electrons. The molecule has 7 nitrogen and oxygen atoms in total. The van der Waals surface area contributed by atoms with Crippen LogP contribution in [0.2, 0.25) is 0 Å². The lowest BCUT2D eigenvalue weighted by Crippen LogP contribution is -2.43. The predicted molar refractivity (Wildman–Crippen MR) is 97.8 cm³/mol. The number of methoxy groups -OCH3 is 1. The molecule has 1 heterocycles. The average molecular weight is 352 g/mol. The van der Waals surface area contributed by atoms with Crippen molar-refractivity contribution in [1.82, 2.24) is 20.6 Å². The molecule has 0 spiro atoms. The zero-order valence-electron chi connectivity index (χ0n) is 14.9. The van der Waals surface area contributed by atoms with E-state index in [1.165, 1.54) is 7.11 Å². The maximum Gasteiger partial charge on any atom is 0.273 e. The van der Waals surface area contributed by atoms with E-state index >= 15 is 0 Å². The Kier molecular flexibility index (Phi) is 4.88. The first-order chi connectivity index (χ1) is 12.5. The van der Waals surface area contributed by atoms with Gasteiger partial charge in [0.15, 0.2) is 0 Å². The molecule has 0 atom stereocenters. The summed E-state index contributed by atoms with van der Waals surface area (Å²) in [7, 11) is 1.50. The summed E-state index contributed by atoms with van der Waals surface area (Å²) >= 11 is 0.